The normalized spacial score (nSPS) is 18.9. The van der Waals surface area contributed by atoms with Gasteiger partial charge in [0.15, 0.2) is 0 Å². The van der Waals surface area contributed by atoms with Crippen molar-refractivity contribution in [3.63, 3.8) is 0 Å². The van der Waals surface area contributed by atoms with E-state index in [9.17, 15) is 28.7 Å². The monoisotopic (exact) mass is 470 g/mol. The van der Waals surface area contributed by atoms with Crippen LogP contribution in [0.5, 0.6) is 0 Å². The molecule has 4 rings (SSSR count). The smallest absolute Gasteiger partial charge is 0.308 e. The van der Waals surface area contributed by atoms with E-state index in [1.165, 1.54) is 47.3 Å². The van der Waals surface area contributed by atoms with E-state index in [4.69, 9.17) is 11.6 Å². The number of pyridine rings is 2. The van der Waals surface area contributed by atoms with E-state index in [1.807, 2.05) is 0 Å². The topological polar surface area (TPSA) is 130 Å². The standard InChI is InChI=1S/C22H16ClFN4O5/c23-11-4-7-15(25-10-11)27-21(31)18-17(19(18)22(32)33)20(30)26-14-6-5-12(9-13(14)24)28-8-2-1-3-16(28)29/h1-10,17-19H,(H,26,30)(H,32,33)(H,25,27,31)/t17-,18-,19-/m1/s1. The van der Waals surface area contributed by atoms with Gasteiger partial charge in [0, 0.05) is 24.5 Å². The number of carboxylic acid groups (broad SMARTS) is 1. The first kappa shape index (κ1) is 22.2. The Morgan fingerprint density at radius 3 is 2.33 bits per heavy atom. The first-order valence-corrected chi connectivity index (χ1v) is 10.1. The van der Waals surface area contributed by atoms with E-state index in [0.717, 1.165) is 6.07 Å². The predicted molar refractivity (Wildman–Crippen MR) is 117 cm³/mol. The summed E-state index contributed by atoms with van der Waals surface area (Å²) in [7, 11) is 0. The fraction of sp³-hybridized carbons (Fsp3) is 0.136. The number of hydrogen-bond donors (Lipinski definition) is 3. The summed E-state index contributed by atoms with van der Waals surface area (Å²) in [4.78, 5) is 52.5. The average Bonchev–Trinajstić information content (AvgIpc) is 3.54. The quantitative estimate of drug-likeness (QED) is 0.507. The van der Waals surface area contributed by atoms with Crippen molar-refractivity contribution in [1.82, 2.24) is 9.55 Å². The molecule has 11 heteroatoms. The summed E-state index contributed by atoms with van der Waals surface area (Å²) < 4.78 is 15.8. The number of rotatable bonds is 6. The molecule has 168 valence electrons. The zero-order valence-electron chi connectivity index (χ0n) is 16.7. The van der Waals surface area contributed by atoms with Crippen LogP contribution in [0.3, 0.4) is 0 Å². The highest BCUT2D eigenvalue weighted by atomic mass is 35.5. The largest absolute Gasteiger partial charge is 0.481 e. The van der Waals surface area contributed by atoms with Crippen LogP contribution in [0.25, 0.3) is 5.69 Å². The van der Waals surface area contributed by atoms with Gasteiger partial charge in [0.05, 0.1) is 34.2 Å². The first-order valence-electron chi connectivity index (χ1n) is 9.70. The second kappa shape index (κ2) is 8.83. The Morgan fingerprint density at radius 2 is 1.73 bits per heavy atom. The van der Waals surface area contributed by atoms with Crippen LogP contribution in [0.15, 0.2) is 65.7 Å². The summed E-state index contributed by atoms with van der Waals surface area (Å²) >= 11 is 5.74. The summed E-state index contributed by atoms with van der Waals surface area (Å²) in [6.07, 6.45) is 2.77. The van der Waals surface area contributed by atoms with Crippen LogP contribution in [0.4, 0.5) is 15.9 Å². The average molecular weight is 471 g/mol. The van der Waals surface area contributed by atoms with Crippen LogP contribution in [-0.4, -0.2) is 32.4 Å². The Balaban J connectivity index is 1.48. The summed E-state index contributed by atoms with van der Waals surface area (Å²) in [6, 6.07) is 11.2. The maximum Gasteiger partial charge on any atom is 0.308 e. The minimum atomic E-state index is -1.32. The molecule has 3 aromatic rings. The third-order valence-corrected chi connectivity index (χ3v) is 5.42. The van der Waals surface area contributed by atoms with E-state index >= 15 is 0 Å². The number of carboxylic acids is 1. The maximum atomic E-state index is 14.6. The number of amides is 2. The number of nitrogens with zero attached hydrogens (tertiary/aromatic N) is 2. The lowest BCUT2D eigenvalue weighted by Crippen LogP contribution is -2.21. The predicted octanol–water partition coefficient (Wildman–Crippen LogP) is 2.55. The summed E-state index contributed by atoms with van der Waals surface area (Å²) in [5, 5.41) is 14.5. The van der Waals surface area contributed by atoms with E-state index < -0.39 is 41.4 Å². The number of aliphatic carboxylic acids is 1. The molecule has 3 N–H and O–H groups in total. The van der Waals surface area contributed by atoms with Crippen molar-refractivity contribution < 1.29 is 23.9 Å². The van der Waals surface area contributed by atoms with Crippen molar-refractivity contribution >= 4 is 40.9 Å². The molecule has 2 aromatic heterocycles. The molecule has 0 radical (unpaired) electrons. The molecule has 0 saturated heterocycles. The second-order valence-electron chi connectivity index (χ2n) is 7.33. The van der Waals surface area contributed by atoms with Gasteiger partial charge in [-0.05, 0) is 30.3 Å². The van der Waals surface area contributed by atoms with Gasteiger partial charge < -0.3 is 15.7 Å². The van der Waals surface area contributed by atoms with Gasteiger partial charge in [-0.15, -0.1) is 0 Å². The Morgan fingerprint density at radius 1 is 1.00 bits per heavy atom. The molecule has 0 aliphatic heterocycles. The lowest BCUT2D eigenvalue weighted by molar-refractivity contribution is -0.140. The molecule has 0 spiro atoms. The fourth-order valence-electron chi connectivity index (χ4n) is 3.54. The van der Waals surface area contributed by atoms with Crippen molar-refractivity contribution in [1.29, 1.82) is 0 Å². The Hall–Kier alpha value is -4.05. The van der Waals surface area contributed by atoms with Crippen LogP contribution in [-0.2, 0) is 14.4 Å². The number of aromatic nitrogens is 2. The molecule has 1 aromatic carbocycles. The van der Waals surface area contributed by atoms with Crippen molar-refractivity contribution in [2.24, 2.45) is 17.8 Å². The molecule has 3 atom stereocenters. The third-order valence-electron chi connectivity index (χ3n) is 5.20. The molecule has 0 bridgehead atoms. The third kappa shape index (κ3) is 4.60. The summed E-state index contributed by atoms with van der Waals surface area (Å²) in [5.41, 5.74) is -0.319. The van der Waals surface area contributed by atoms with Gasteiger partial charge in [-0.2, -0.15) is 0 Å². The van der Waals surface area contributed by atoms with E-state index in [2.05, 4.69) is 15.6 Å². The number of carbonyl (C=O) groups is 3. The summed E-state index contributed by atoms with van der Waals surface area (Å²) in [5.74, 6) is -7.10. The Bertz CT molecular complexity index is 1310. The molecule has 2 amide bonds. The van der Waals surface area contributed by atoms with Crippen LogP contribution < -0.4 is 16.2 Å². The van der Waals surface area contributed by atoms with Crippen LogP contribution in [0.1, 0.15) is 0 Å². The Kier molecular flexibility index (Phi) is 5.93. The van der Waals surface area contributed by atoms with Crippen molar-refractivity contribution in [2.45, 2.75) is 0 Å². The highest BCUT2D eigenvalue weighted by Crippen LogP contribution is 2.48. The minimum absolute atomic E-state index is 0.150. The molecular formula is C22H16ClFN4O5. The fourth-order valence-corrected chi connectivity index (χ4v) is 3.65. The molecule has 2 heterocycles. The second-order valence-corrected chi connectivity index (χ2v) is 7.77. The van der Waals surface area contributed by atoms with Gasteiger partial charge in [-0.25, -0.2) is 9.37 Å². The minimum Gasteiger partial charge on any atom is -0.481 e. The Labute approximate surface area is 190 Å². The molecule has 1 saturated carbocycles. The van der Waals surface area contributed by atoms with Crippen LogP contribution in [0, 0.1) is 23.6 Å². The lowest BCUT2D eigenvalue weighted by atomic mass is 10.2. The lowest BCUT2D eigenvalue weighted by Gasteiger charge is -2.10. The molecule has 9 nitrogen and oxygen atoms in total. The van der Waals surface area contributed by atoms with Gasteiger partial charge in [-0.3, -0.25) is 23.7 Å². The molecule has 33 heavy (non-hydrogen) atoms. The molecular weight excluding hydrogens is 455 g/mol. The molecule has 1 fully saturated rings. The van der Waals surface area contributed by atoms with Crippen LogP contribution in [0.2, 0.25) is 5.02 Å². The number of anilines is 2. The molecule has 0 unspecified atom stereocenters. The first-order chi connectivity index (χ1) is 15.8. The number of carbonyl (C=O) groups excluding carboxylic acids is 2. The number of nitrogens with one attached hydrogen (secondary N) is 2. The number of hydrogen-bond acceptors (Lipinski definition) is 5. The SMILES string of the molecule is O=C(O)[C@H]1[C@H](C(=O)Nc2ccc(Cl)cn2)[C@H]1C(=O)Nc1ccc(-n2ccccc2=O)cc1F. The maximum absolute atomic E-state index is 14.6. The van der Waals surface area contributed by atoms with Gasteiger partial charge in [-0.1, -0.05) is 17.7 Å². The van der Waals surface area contributed by atoms with Crippen molar-refractivity contribution in [2.75, 3.05) is 10.6 Å². The van der Waals surface area contributed by atoms with Gasteiger partial charge in [0.2, 0.25) is 11.8 Å². The zero-order valence-corrected chi connectivity index (χ0v) is 17.5. The molecule has 1 aliphatic carbocycles. The van der Waals surface area contributed by atoms with Gasteiger partial charge in [0.1, 0.15) is 11.6 Å². The van der Waals surface area contributed by atoms with E-state index in [0.29, 0.717) is 5.02 Å². The van der Waals surface area contributed by atoms with E-state index in [-0.39, 0.29) is 22.8 Å². The number of halogens is 2. The highest BCUT2D eigenvalue weighted by molar-refractivity contribution is 6.30. The van der Waals surface area contributed by atoms with Gasteiger partial charge >= 0.3 is 5.97 Å². The summed E-state index contributed by atoms with van der Waals surface area (Å²) in [6.45, 7) is 0. The molecule has 1 aliphatic rings. The van der Waals surface area contributed by atoms with Gasteiger partial charge in [0.25, 0.3) is 5.56 Å². The van der Waals surface area contributed by atoms with Crippen molar-refractivity contribution in [3.05, 3.63) is 82.1 Å². The zero-order chi connectivity index (χ0) is 23.7. The van der Waals surface area contributed by atoms with E-state index in [1.54, 1.807) is 12.1 Å². The van der Waals surface area contributed by atoms with Crippen molar-refractivity contribution in [3.8, 4) is 5.69 Å². The number of benzene rings is 1. The highest BCUT2D eigenvalue weighted by Gasteiger charge is 2.63. The van der Waals surface area contributed by atoms with Crippen LogP contribution >= 0.6 is 11.6 Å².